The van der Waals surface area contributed by atoms with Crippen molar-refractivity contribution in [2.24, 2.45) is 18.1 Å². The summed E-state index contributed by atoms with van der Waals surface area (Å²) < 4.78 is 13.1. The summed E-state index contributed by atoms with van der Waals surface area (Å²) in [7, 11) is 1.92. The van der Waals surface area contributed by atoms with E-state index in [9.17, 15) is 4.79 Å². The van der Waals surface area contributed by atoms with Crippen molar-refractivity contribution < 1.29 is 13.6 Å². The fraction of sp³-hybridized carbons (Fsp3) is 0.318. The molecule has 0 saturated heterocycles. The van der Waals surface area contributed by atoms with Crippen LogP contribution in [0.25, 0.3) is 6.08 Å². The highest BCUT2D eigenvalue weighted by molar-refractivity contribution is 7.99. The number of allylic oxidation sites excluding steroid dienone is 1. The van der Waals surface area contributed by atoms with Gasteiger partial charge in [0.05, 0.1) is 24.0 Å². The summed E-state index contributed by atoms with van der Waals surface area (Å²) in [5.41, 5.74) is 2.10. The van der Waals surface area contributed by atoms with Gasteiger partial charge in [-0.25, -0.2) is 9.99 Å². The molecule has 30 heavy (non-hydrogen) atoms. The molecule has 2 unspecified atom stereocenters. The van der Waals surface area contributed by atoms with Crippen LogP contribution in [-0.4, -0.2) is 31.9 Å². The number of thioether (sulfide) groups is 1. The van der Waals surface area contributed by atoms with E-state index in [2.05, 4.69) is 4.98 Å². The summed E-state index contributed by atoms with van der Waals surface area (Å²) in [4.78, 5) is 17.5. The number of rotatable bonds is 5. The quantitative estimate of drug-likeness (QED) is 0.565. The van der Waals surface area contributed by atoms with Crippen molar-refractivity contribution in [2.45, 2.75) is 30.5 Å². The minimum absolute atomic E-state index is 0.0522. The predicted molar refractivity (Wildman–Crippen MR) is 114 cm³/mol. The van der Waals surface area contributed by atoms with Gasteiger partial charge in [-0.2, -0.15) is 5.10 Å². The predicted octanol–water partition coefficient (Wildman–Crippen LogP) is 4.52. The van der Waals surface area contributed by atoms with E-state index in [1.165, 1.54) is 11.8 Å². The van der Waals surface area contributed by atoms with E-state index in [1.807, 2.05) is 48.2 Å². The lowest BCUT2D eigenvalue weighted by molar-refractivity contribution is -0.131. The number of carbonyl (C=O) groups is 1. The number of fused-ring (bicyclic) bond motifs is 1. The number of aryl methyl sites for hydroxylation is 1. The molecule has 1 amide bonds. The molecule has 7 nitrogen and oxygen atoms in total. The molecule has 5 rings (SSSR count). The van der Waals surface area contributed by atoms with Gasteiger partial charge in [-0.3, -0.25) is 4.79 Å². The second-order valence-corrected chi connectivity index (χ2v) is 8.42. The standard InChI is InChI=1S/C22H22N4O3S/c1-25-10-9-23-22(25)30-14-19(27)26-21(18-8-4-12-29-18)17-7-2-5-15(20(17)24-26)13-16-6-3-11-28-16/h3-4,6,8-13,17,21H,2,5,7,14H2,1H3/b15-13-. The first kappa shape index (κ1) is 19.0. The van der Waals surface area contributed by atoms with Gasteiger partial charge in [0.15, 0.2) is 5.16 Å². The Morgan fingerprint density at radius 1 is 1.30 bits per heavy atom. The van der Waals surface area contributed by atoms with Crippen molar-refractivity contribution in [1.82, 2.24) is 14.6 Å². The van der Waals surface area contributed by atoms with Crippen LogP contribution in [0.1, 0.15) is 36.8 Å². The summed E-state index contributed by atoms with van der Waals surface area (Å²) in [6.45, 7) is 0. The molecule has 1 fully saturated rings. The van der Waals surface area contributed by atoms with Crippen LogP contribution < -0.4 is 0 Å². The van der Waals surface area contributed by atoms with Gasteiger partial charge < -0.3 is 13.4 Å². The van der Waals surface area contributed by atoms with Crippen molar-refractivity contribution in [3.8, 4) is 0 Å². The van der Waals surface area contributed by atoms with E-state index < -0.39 is 0 Å². The SMILES string of the molecule is Cn1ccnc1SCC(=O)N1N=C2/C(=C\c3ccco3)CCCC2C1c1ccco1. The summed E-state index contributed by atoms with van der Waals surface area (Å²) in [5.74, 6) is 1.91. The van der Waals surface area contributed by atoms with Crippen LogP contribution in [0, 0.1) is 5.92 Å². The highest BCUT2D eigenvalue weighted by Crippen LogP contribution is 2.44. The first-order valence-electron chi connectivity index (χ1n) is 9.99. The third kappa shape index (κ3) is 3.52. The number of hydrogen-bond donors (Lipinski definition) is 0. The molecule has 154 valence electrons. The third-order valence-electron chi connectivity index (χ3n) is 5.55. The van der Waals surface area contributed by atoms with Crippen LogP contribution in [0.5, 0.6) is 0 Å². The van der Waals surface area contributed by atoms with Gasteiger partial charge in [0.25, 0.3) is 5.91 Å². The van der Waals surface area contributed by atoms with Gasteiger partial charge in [0, 0.05) is 25.4 Å². The second kappa shape index (κ2) is 8.02. The number of aromatic nitrogens is 2. The number of nitrogens with zero attached hydrogens (tertiary/aromatic N) is 4. The van der Waals surface area contributed by atoms with Crippen LogP contribution in [-0.2, 0) is 11.8 Å². The molecule has 0 N–H and O–H groups in total. The van der Waals surface area contributed by atoms with Crippen LogP contribution >= 0.6 is 11.8 Å². The van der Waals surface area contributed by atoms with Crippen molar-refractivity contribution in [2.75, 3.05) is 5.75 Å². The van der Waals surface area contributed by atoms with E-state index in [-0.39, 0.29) is 23.6 Å². The maximum Gasteiger partial charge on any atom is 0.253 e. The monoisotopic (exact) mass is 422 g/mol. The number of carbonyl (C=O) groups excluding carboxylic acids is 1. The average Bonchev–Trinajstić information content (AvgIpc) is 3.53. The molecule has 1 aliphatic heterocycles. The van der Waals surface area contributed by atoms with Gasteiger partial charge in [-0.1, -0.05) is 11.8 Å². The summed E-state index contributed by atoms with van der Waals surface area (Å²) >= 11 is 1.42. The number of imidazole rings is 1. The molecule has 1 saturated carbocycles. The van der Waals surface area contributed by atoms with Crippen LogP contribution in [0.2, 0.25) is 0 Å². The molecule has 8 heteroatoms. The number of amides is 1. The van der Waals surface area contributed by atoms with Gasteiger partial charge in [0.2, 0.25) is 0 Å². The molecule has 0 radical (unpaired) electrons. The maximum absolute atomic E-state index is 13.2. The van der Waals surface area contributed by atoms with Crippen molar-refractivity contribution in [3.63, 3.8) is 0 Å². The van der Waals surface area contributed by atoms with E-state index in [4.69, 9.17) is 13.9 Å². The Bertz CT molecular complexity index is 1080. The molecule has 2 aliphatic rings. The number of hydrogen-bond acceptors (Lipinski definition) is 6. The highest BCUT2D eigenvalue weighted by Gasteiger charge is 2.45. The fourth-order valence-corrected chi connectivity index (χ4v) is 4.96. The zero-order valence-electron chi connectivity index (χ0n) is 16.6. The Hall–Kier alpha value is -3.00. The van der Waals surface area contributed by atoms with E-state index >= 15 is 0 Å². The van der Waals surface area contributed by atoms with Crippen molar-refractivity contribution >= 4 is 29.5 Å². The Morgan fingerprint density at radius 3 is 2.90 bits per heavy atom. The zero-order valence-corrected chi connectivity index (χ0v) is 17.4. The molecule has 0 aromatic carbocycles. The Morgan fingerprint density at radius 2 is 2.17 bits per heavy atom. The van der Waals surface area contributed by atoms with Gasteiger partial charge in [-0.15, -0.1) is 0 Å². The molecule has 0 bridgehead atoms. The molecular weight excluding hydrogens is 400 g/mol. The summed E-state index contributed by atoms with van der Waals surface area (Å²) in [5, 5.41) is 7.25. The van der Waals surface area contributed by atoms with Crippen LogP contribution in [0.4, 0.5) is 0 Å². The van der Waals surface area contributed by atoms with Gasteiger partial charge in [-0.05, 0) is 55.2 Å². The van der Waals surface area contributed by atoms with Gasteiger partial charge >= 0.3 is 0 Å². The van der Waals surface area contributed by atoms with Crippen LogP contribution in [0.3, 0.4) is 0 Å². The minimum atomic E-state index is -0.218. The normalized spacial score (nSPS) is 22.4. The molecule has 0 spiro atoms. The Balaban J connectivity index is 1.45. The summed E-state index contributed by atoms with van der Waals surface area (Å²) in [6.07, 6.45) is 11.9. The number of hydrazone groups is 1. The Kier molecular flexibility index (Phi) is 5.08. The van der Waals surface area contributed by atoms with Crippen LogP contribution in [0.15, 0.2) is 73.9 Å². The van der Waals surface area contributed by atoms with E-state index in [0.717, 1.165) is 47.2 Å². The first-order chi connectivity index (χ1) is 14.7. The second-order valence-electron chi connectivity index (χ2n) is 7.48. The molecule has 3 aromatic rings. The maximum atomic E-state index is 13.2. The lowest BCUT2D eigenvalue weighted by Crippen LogP contribution is -2.32. The zero-order chi connectivity index (χ0) is 20.5. The highest BCUT2D eigenvalue weighted by atomic mass is 32.2. The average molecular weight is 423 g/mol. The lowest BCUT2D eigenvalue weighted by atomic mass is 9.79. The topological polar surface area (TPSA) is 76.8 Å². The fourth-order valence-electron chi connectivity index (χ4n) is 4.17. The largest absolute Gasteiger partial charge is 0.467 e. The first-order valence-corrected chi connectivity index (χ1v) is 11.0. The third-order valence-corrected chi connectivity index (χ3v) is 6.60. The van der Waals surface area contributed by atoms with E-state index in [0.29, 0.717) is 0 Å². The van der Waals surface area contributed by atoms with Crippen molar-refractivity contribution in [1.29, 1.82) is 0 Å². The lowest BCUT2D eigenvalue weighted by Gasteiger charge is -2.27. The van der Waals surface area contributed by atoms with E-state index in [1.54, 1.807) is 23.7 Å². The molecule has 2 atom stereocenters. The molecule has 3 aromatic heterocycles. The van der Waals surface area contributed by atoms with Gasteiger partial charge in [0.1, 0.15) is 17.6 Å². The number of furan rings is 2. The summed E-state index contributed by atoms with van der Waals surface area (Å²) in [6, 6.07) is 7.38. The molecule has 1 aliphatic carbocycles. The van der Waals surface area contributed by atoms with Crippen molar-refractivity contribution in [3.05, 3.63) is 66.3 Å². The molecule has 4 heterocycles. The smallest absolute Gasteiger partial charge is 0.253 e. The minimum Gasteiger partial charge on any atom is -0.467 e. The molecular formula is C22H22N4O3S. The Labute approximate surface area is 178 Å².